The van der Waals surface area contributed by atoms with Gasteiger partial charge in [0.1, 0.15) is 0 Å². The maximum Gasteiger partial charge on any atom is 0.0701 e. The lowest BCUT2D eigenvalue weighted by Crippen LogP contribution is -2.16. The molecule has 0 saturated heterocycles. The van der Waals surface area contributed by atoms with E-state index in [0.717, 1.165) is 4.88 Å². The lowest BCUT2D eigenvalue weighted by Gasteiger charge is -2.14. The zero-order chi connectivity index (χ0) is 12.4. The molecule has 1 atom stereocenters. The first-order chi connectivity index (χ1) is 8.88. The van der Waals surface area contributed by atoms with Crippen molar-refractivity contribution >= 4 is 22.3 Å². The minimum atomic E-state index is 0.162. The van der Waals surface area contributed by atoms with Gasteiger partial charge in [-0.2, -0.15) is 0 Å². The molecule has 0 aliphatic rings. The van der Waals surface area contributed by atoms with Gasteiger partial charge in [-0.25, -0.2) is 0 Å². The summed E-state index contributed by atoms with van der Waals surface area (Å²) in [6.45, 7) is 0. The molecule has 4 heteroatoms. The predicted octanol–water partition coefficient (Wildman–Crippen LogP) is 3.00. The van der Waals surface area contributed by atoms with Gasteiger partial charge < -0.3 is 5.32 Å². The molecule has 3 nitrogen and oxygen atoms in total. The average molecular weight is 255 g/mol. The van der Waals surface area contributed by atoms with Crippen LogP contribution < -0.4 is 5.32 Å². The maximum atomic E-state index is 3.93. The summed E-state index contributed by atoms with van der Waals surface area (Å²) in [6, 6.07) is 15.1. The van der Waals surface area contributed by atoms with Gasteiger partial charge in [-0.05, 0) is 41.0 Å². The summed E-state index contributed by atoms with van der Waals surface area (Å²) >= 11 is 1.43. The molecule has 0 spiro atoms. The predicted molar refractivity (Wildman–Crippen MR) is 74.8 cm³/mol. The van der Waals surface area contributed by atoms with Crippen LogP contribution in [0, 0.1) is 0 Å². The van der Waals surface area contributed by atoms with Crippen molar-refractivity contribution in [3.8, 4) is 0 Å². The highest BCUT2D eigenvalue weighted by molar-refractivity contribution is 7.05. The fourth-order valence-electron chi connectivity index (χ4n) is 2.16. The van der Waals surface area contributed by atoms with E-state index in [1.165, 1.54) is 27.9 Å². The number of benzene rings is 2. The fraction of sp³-hybridized carbons (Fsp3) is 0.143. The molecule has 0 amide bonds. The van der Waals surface area contributed by atoms with Gasteiger partial charge >= 0.3 is 0 Å². The van der Waals surface area contributed by atoms with E-state index in [2.05, 4.69) is 57.4 Å². The Hall–Kier alpha value is -1.78. The minimum Gasteiger partial charge on any atom is -0.309 e. The molecule has 0 saturated carbocycles. The van der Waals surface area contributed by atoms with Gasteiger partial charge in [0.2, 0.25) is 0 Å². The van der Waals surface area contributed by atoms with Crippen LogP contribution in [0.3, 0.4) is 0 Å². The van der Waals surface area contributed by atoms with Crippen molar-refractivity contribution in [3.63, 3.8) is 0 Å². The smallest absolute Gasteiger partial charge is 0.0701 e. The molecule has 0 radical (unpaired) electrons. The molecular weight excluding hydrogens is 242 g/mol. The minimum absolute atomic E-state index is 0.162. The summed E-state index contributed by atoms with van der Waals surface area (Å²) < 4.78 is 3.93. The Bertz CT molecular complexity index is 649. The Morgan fingerprint density at radius 3 is 2.67 bits per heavy atom. The zero-order valence-electron chi connectivity index (χ0n) is 10.00. The van der Waals surface area contributed by atoms with E-state index in [0.29, 0.717) is 0 Å². The van der Waals surface area contributed by atoms with Crippen molar-refractivity contribution in [2.45, 2.75) is 6.04 Å². The maximum absolute atomic E-state index is 3.93. The Morgan fingerprint density at radius 2 is 1.94 bits per heavy atom. The highest BCUT2D eigenvalue weighted by Crippen LogP contribution is 2.26. The van der Waals surface area contributed by atoms with Crippen LogP contribution in [0.5, 0.6) is 0 Å². The standard InChI is InChI=1S/C14H13N3S/c1-15-14(13-9-16-17-18-13)12-7-6-10-4-2-3-5-11(10)8-12/h2-9,14-15H,1H3. The zero-order valence-corrected chi connectivity index (χ0v) is 10.8. The van der Waals surface area contributed by atoms with Crippen LogP contribution in [-0.2, 0) is 0 Å². The third-order valence-electron chi connectivity index (χ3n) is 3.06. The van der Waals surface area contributed by atoms with Crippen molar-refractivity contribution in [1.29, 1.82) is 0 Å². The molecular formula is C14H13N3S. The van der Waals surface area contributed by atoms with E-state index in [9.17, 15) is 0 Å². The third-order valence-corrected chi connectivity index (χ3v) is 3.79. The normalized spacial score (nSPS) is 12.7. The molecule has 0 bridgehead atoms. The lowest BCUT2D eigenvalue weighted by atomic mass is 10.0. The summed E-state index contributed by atoms with van der Waals surface area (Å²) in [5.41, 5.74) is 1.24. The lowest BCUT2D eigenvalue weighted by molar-refractivity contribution is 0.703. The van der Waals surface area contributed by atoms with Gasteiger partial charge in [0.05, 0.1) is 17.1 Å². The molecule has 0 aliphatic heterocycles. The molecule has 18 heavy (non-hydrogen) atoms. The summed E-state index contributed by atoms with van der Waals surface area (Å²) in [4.78, 5) is 1.13. The Labute approximate surface area is 110 Å². The Kier molecular flexibility index (Phi) is 3.04. The van der Waals surface area contributed by atoms with Crippen LogP contribution in [0.25, 0.3) is 10.8 Å². The number of fused-ring (bicyclic) bond motifs is 1. The van der Waals surface area contributed by atoms with E-state index >= 15 is 0 Å². The van der Waals surface area contributed by atoms with E-state index in [1.807, 2.05) is 13.2 Å². The first-order valence-electron chi connectivity index (χ1n) is 5.81. The van der Waals surface area contributed by atoms with Crippen LogP contribution in [0.1, 0.15) is 16.5 Å². The number of nitrogens with one attached hydrogen (secondary N) is 1. The van der Waals surface area contributed by atoms with Crippen LogP contribution in [-0.4, -0.2) is 16.6 Å². The van der Waals surface area contributed by atoms with Gasteiger partial charge in [0, 0.05) is 0 Å². The van der Waals surface area contributed by atoms with E-state index in [4.69, 9.17) is 0 Å². The second kappa shape index (κ2) is 4.84. The highest BCUT2D eigenvalue weighted by atomic mass is 32.1. The molecule has 90 valence electrons. The van der Waals surface area contributed by atoms with Gasteiger partial charge in [-0.15, -0.1) is 5.10 Å². The molecule has 1 N–H and O–H groups in total. The van der Waals surface area contributed by atoms with E-state index in [-0.39, 0.29) is 6.04 Å². The number of hydrogen-bond donors (Lipinski definition) is 1. The van der Waals surface area contributed by atoms with Gasteiger partial charge in [-0.3, -0.25) is 0 Å². The first kappa shape index (κ1) is 11.3. The van der Waals surface area contributed by atoms with Crippen molar-refractivity contribution in [2.24, 2.45) is 0 Å². The van der Waals surface area contributed by atoms with Gasteiger partial charge in [0.25, 0.3) is 0 Å². The third kappa shape index (κ3) is 2.00. The van der Waals surface area contributed by atoms with Crippen LogP contribution in [0.15, 0.2) is 48.7 Å². The van der Waals surface area contributed by atoms with Crippen molar-refractivity contribution in [2.75, 3.05) is 7.05 Å². The largest absolute Gasteiger partial charge is 0.309 e. The molecule has 1 heterocycles. The molecule has 3 aromatic rings. The highest BCUT2D eigenvalue weighted by Gasteiger charge is 2.14. The van der Waals surface area contributed by atoms with Crippen molar-refractivity contribution < 1.29 is 0 Å². The molecule has 3 rings (SSSR count). The number of aromatic nitrogens is 2. The van der Waals surface area contributed by atoms with Crippen LogP contribution in [0.4, 0.5) is 0 Å². The number of rotatable bonds is 3. The summed E-state index contributed by atoms with van der Waals surface area (Å²) in [6.07, 6.45) is 1.82. The summed E-state index contributed by atoms with van der Waals surface area (Å²) in [5.74, 6) is 0. The monoisotopic (exact) mass is 255 g/mol. The number of hydrogen-bond acceptors (Lipinski definition) is 4. The van der Waals surface area contributed by atoms with Crippen LogP contribution >= 0.6 is 11.5 Å². The Balaban J connectivity index is 2.07. The quantitative estimate of drug-likeness (QED) is 0.781. The Morgan fingerprint density at radius 1 is 1.11 bits per heavy atom. The molecule has 0 aliphatic carbocycles. The van der Waals surface area contributed by atoms with Crippen molar-refractivity contribution in [1.82, 2.24) is 14.9 Å². The average Bonchev–Trinajstić information content (AvgIpc) is 2.93. The van der Waals surface area contributed by atoms with Gasteiger partial charge in [0.15, 0.2) is 0 Å². The molecule has 1 aromatic heterocycles. The second-order valence-electron chi connectivity index (χ2n) is 4.15. The fourth-order valence-corrected chi connectivity index (χ4v) is 2.80. The molecule has 1 unspecified atom stereocenters. The van der Waals surface area contributed by atoms with E-state index < -0.39 is 0 Å². The molecule has 0 fully saturated rings. The van der Waals surface area contributed by atoms with Gasteiger partial charge in [-0.1, -0.05) is 40.9 Å². The first-order valence-corrected chi connectivity index (χ1v) is 6.59. The summed E-state index contributed by atoms with van der Waals surface area (Å²) in [5, 5.41) is 9.74. The van der Waals surface area contributed by atoms with Crippen molar-refractivity contribution in [3.05, 3.63) is 59.1 Å². The summed E-state index contributed by atoms with van der Waals surface area (Å²) in [7, 11) is 1.96. The topological polar surface area (TPSA) is 37.8 Å². The van der Waals surface area contributed by atoms with Crippen LogP contribution in [0.2, 0.25) is 0 Å². The molecule has 2 aromatic carbocycles. The SMILES string of the molecule is CNC(c1ccc2ccccc2c1)c1cnns1. The second-order valence-corrected chi connectivity index (χ2v) is 4.97. The number of nitrogens with zero attached hydrogens (tertiary/aromatic N) is 2. The van der Waals surface area contributed by atoms with E-state index in [1.54, 1.807) is 0 Å².